The number of benzene rings is 1. The van der Waals surface area contributed by atoms with Crippen LogP contribution in [0.3, 0.4) is 0 Å². The van der Waals surface area contributed by atoms with Gasteiger partial charge in [0.2, 0.25) is 0 Å². The molecular formula is C21H32IN5OS. The van der Waals surface area contributed by atoms with E-state index in [1.165, 1.54) is 15.4 Å². The fourth-order valence-electron chi connectivity index (χ4n) is 3.35. The molecule has 1 aromatic heterocycles. The number of nitrogens with zero attached hydrogens (tertiary/aromatic N) is 3. The van der Waals surface area contributed by atoms with Gasteiger partial charge in [0.25, 0.3) is 0 Å². The number of hydrogen-bond donors (Lipinski definition) is 2. The van der Waals surface area contributed by atoms with Gasteiger partial charge in [-0.25, -0.2) is 4.98 Å². The minimum Gasteiger partial charge on any atom is -0.379 e. The summed E-state index contributed by atoms with van der Waals surface area (Å²) in [6.07, 6.45) is 3.95. The van der Waals surface area contributed by atoms with Crippen LogP contribution in [0, 0.1) is 0 Å². The van der Waals surface area contributed by atoms with Crippen LogP contribution in [-0.4, -0.2) is 62.3 Å². The van der Waals surface area contributed by atoms with Crippen molar-refractivity contribution < 1.29 is 4.74 Å². The number of aromatic nitrogens is 1. The van der Waals surface area contributed by atoms with Crippen LogP contribution in [0.5, 0.6) is 0 Å². The summed E-state index contributed by atoms with van der Waals surface area (Å²) in [5.41, 5.74) is 1.32. The molecule has 8 heteroatoms. The van der Waals surface area contributed by atoms with Crippen LogP contribution < -0.4 is 10.6 Å². The molecule has 1 unspecified atom stereocenters. The van der Waals surface area contributed by atoms with Crippen LogP contribution in [-0.2, 0) is 17.6 Å². The lowest BCUT2D eigenvalue weighted by Crippen LogP contribution is -2.46. The molecule has 1 fully saturated rings. The molecule has 0 amide bonds. The van der Waals surface area contributed by atoms with E-state index in [2.05, 4.69) is 62.8 Å². The molecule has 1 aliphatic heterocycles. The van der Waals surface area contributed by atoms with E-state index in [0.717, 1.165) is 58.2 Å². The first-order chi connectivity index (χ1) is 13.8. The van der Waals surface area contributed by atoms with E-state index in [9.17, 15) is 0 Å². The lowest BCUT2D eigenvalue weighted by atomic mass is 10.0. The van der Waals surface area contributed by atoms with E-state index in [1.54, 1.807) is 11.3 Å². The minimum atomic E-state index is 0. The van der Waals surface area contributed by atoms with Crippen molar-refractivity contribution in [2.75, 3.05) is 46.4 Å². The van der Waals surface area contributed by atoms with E-state index < -0.39 is 0 Å². The van der Waals surface area contributed by atoms with Crippen molar-refractivity contribution in [3.05, 3.63) is 52.0 Å². The van der Waals surface area contributed by atoms with Gasteiger partial charge in [0.05, 0.1) is 24.3 Å². The molecule has 3 rings (SSSR count). The lowest BCUT2D eigenvalue weighted by molar-refractivity contribution is 0.0170. The van der Waals surface area contributed by atoms with Gasteiger partial charge in [0, 0.05) is 50.7 Å². The second kappa shape index (κ2) is 13.1. The molecule has 2 N–H and O–H groups in total. The van der Waals surface area contributed by atoms with Gasteiger partial charge < -0.3 is 15.4 Å². The molecule has 1 aromatic carbocycles. The predicted octanol–water partition coefficient (Wildman–Crippen LogP) is 3.10. The van der Waals surface area contributed by atoms with Crippen LogP contribution in [0.25, 0.3) is 0 Å². The Kier molecular flexibility index (Phi) is 10.9. The van der Waals surface area contributed by atoms with Crippen molar-refractivity contribution >= 4 is 41.3 Å². The molecule has 0 saturated carbocycles. The third-order valence-corrected chi connectivity index (χ3v) is 6.14. The standard InChI is InChI=1S/C21H31N5OS.HI/c1-3-18-15-24-20(28-18)9-10-23-21(22-2)25-16-19(17-7-5-4-6-8-17)26-11-13-27-14-12-26;/h4-8,15,19H,3,9-14,16H2,1-2H3,(H2,22,23,25);1H. The molecular weight excluding hydrogens is 497 g/mol. The first-order valence-electron chi connectivity index (χ1n) is 10.0. The maximum atomic E-state index is 5.53. The Morgan fingerprint density at radius 2 is 2.00 bits per heavy atom. The zero-order chi connectivity index (χ0) is 19.6. The first-order valence-corrected chi connectivity index (χ1v) is 10.9. The number of ether oxygens (including phenoxy) is 1. The van der Waals surface area contributed by atoms with Gasteiger partial charge in [-0.2, -0.15) is 0 Å². The van der Waals surface area contributed by atoms with Crippen LogP contribution in [0.1, 0.15) is 28.4 Å². The number of nitrogens with one attached hydrogen (secondary N) is 2. The average Bonchev–Trinajstić information content (AvgIpc) is 3.22. The molecule has 160 valence electrons. The van der Waals surface area contributed by atoms with E-state index in [-0.39, 0.29) is 24.0 Å². The second-order valence-corrected chi connectivity index (χ2v) is 7.98. The Morgan fingerprint density at radius 3 is 2.66 bits per heavy atom. The van der Waals surface area contributed by atoms with Crippen molar-refractivity contribution in [1.29, 1.82) is 0 Å². The molecule has 1 aliphatic rings. The molecule has 1 atom stereocenters. The molecule has 2 aromatic rings. The molecule has 2 heterocycles. The summed E-state index contributed by atoms with van der Waals surface area (Å²) < 4.78 is 5.53. The number of hydrogen-bond acceptors (Lipinski definition) is 5. The fraction of sp³-hybridized carbons (Fsp3) is 0.524. The topological polar surface area (TPSA) is 61.8 Å². The summed E-state index contributed by atoms with van der Waals surface area (Å²) >= 11 is 1.80. The van der Waals surface area contributed by atoms with Crippen molar-refractivity contribution in [2.45, 2.75) is 25.8 Å². The van der Waals surface area contributed by atoms with Gasteiger partial charge in [-0.3, -0.25) is 9.89 Å². The lowest BCUT2D eigenvalue weighted by Gasteiger charge is -2.35. The smallest absolute Gasteiger partial charge is 0.191 e. The SMILES string of the molecule is CCc1cnc(CCNC(=NC)NCC(c2ccccc2)N2CCOCC2)s1.I. The Hall–Kier alpha value is -1.23. The van der Waals surface area contributed by atoms with E-state index in [0.29, 0.717) is 6.04 Å². The Morgan fingerprint density at radius 1 is 1.24 bits per heavy atom. The number of guanidine groups is 1. The highest BCUT2D eigenvalue weighted by molar-refractivity contribution is 14.0. The average molecular weight is 529 g/mol. The molecule has 0 bridgehead atoms. The zero-order valence-corrected chi connectivity index (χ0v) is 20.4. The van der Waals surface area contributed by atoms with Crippen LogP contribution in [0.4, 0.5) is 0 Å². The third kappa shape index (κ3) is 7.51. The van der Waals surface area contributed by atoms with Gasteiger partial charge in [-0.15, -0.1) is 35.3 Å². The molecule has 0 spiro atoms. The highest BCUT2D eigenvalue weighted by Gasteiger charge is 2.22. The quantitative estimate of drug-likeness (QED) is 0.313. The van der Waals surface area contributed by atoms with Gasteiger partial charge >= 0.3 is 0 Å². The fourth-order valence-corrected chi connectivity index (χ4v) is 4.21. The summed E-state index contributed by atoms with van der Waals surface area (Å²) in [6, 6.07) is 11.0. The number of rotatable bonds is 8. The normalized spacial score (nSPS) is 16.1. The van der Waals surface area contributed by atoms with Crippen LogP contribution in [0.2, 0.25) is 0 Å². The van der Waals surface area contributed by atoms with E-state index in [4.69, 9.17) is 4.74 Å². The number of halogens is 1. The van der Waals surface area contributed by atoms with E-state index in [1.807, 2.05) is 13.2 Å². The predicted molar refractivity (Wildman–Crippen MR) is 132 cm³/mol. The number of aliphatic imine (C=N–C) groups is 1. The summed E-state index contributed by atoms with van der Waals surface area (Å²) in [4.78, 5) is 12.7. The number of aryl methyl sites for hydroxylation is 1. The largest absolute Gasteiger partial charge is 0.379 e. The maximum absolute atomic E-state index is 5.53. The van der Waals surface area contributed by atoms with Gasteiger partial charge in [-0.1, -0.05) is 37.3 Å². The monoisotopic (exact) mass is 529 g/mol. The molecule has 6 nitrogen and oxygen atoms in total. The Labute approximate surface area is 195 Å². The zero-order valence-electron chi connectivity index (χ0n) is 17.3. The highest BCUT2D eigenvalue weighted by atomic mass is 127. The van der Waals surface area contributed by atoms with Crippen molar-refractivity contribution in [3.8, 4) is 0 Å². The van der Waals surface area contributed by atoms with Gasteiger partial charge in [0.1, 0.15) is 0 Å². The number of thiazole rings is 1. The van der Waals surface area contributed by atoms with Crippen molar-refractivity contribution in [2.24, 2.45) is 4.99 Å². The summed E-state index contributed by atoms with van der Waals surface area (Å²) in [6.45, 7) is 7.30. The van der Waals surface area contributed by atoms with E-state index >= 15 is 0 Å². The molecule has 1 saturated heterocycles. The van der Waals surface area contributed by atoms with Gasteiger partial charge in [0.15, 0.2) is 5.96 Å². The molecule has 29 heavy (non-hydrogen) atoms. The Balaban J connectivity index is 0.00000300. The van der Waals surface area contributed by atoms with Crippen molar-refractivity contribution in [1.82, 2.24) is 20.5 Å². The van der Waals surface area contributed by atoms with Gasteiger partial charge in [-0.05, 0) is 12.0 Å². The van der Waals surface area contributed by atoms with Crippen molar-refractivity contribution in [3.63, 3.8) is 0 Å². The summed E-state index contributed by atoms with van der Waals surface area (Å²) in [5, 5.41) is 8.10. The van der Waals surface area contributed by atoms with Crippen LogP contribution in [0.15, 0.2) is 41.5 Å². The third-order valence-electron chi connectivity index (χ3n) is 4.94. The minimum absolute atomic E-state index is 0. The molecule has 0 aliphatic carbocycles. The summed E-state index contributed by atoms with van der Waals surface area (Å²) in [7, 11) is 1.82. The second-order valence-electron chi connectivity index (χ2n) is 6.78. The number of morpholine rings is 1. The first kappa shape index (κ1) is 24.0. The highest BCUT2D eigenvalue weighted by Crippen LogP contribution is 2.21. The molecule has 0 radical (unpaired) electrons. The maximum Gasteiger partial charge on any atom is 0.191 e. The Bertz CT molecular complexity index is 734. The van der Waals surface area contributed by atoms with Crippen LogP contribution >= 0.6 is 35.3 Å². The summed E-state index contributed by atoms with van der Waals surface area (Å²) in [5.74, 6) is 0.835.